The van der Waals surface area contributed by atoms with Gasteiger partial charge in [-0.05, 0) is 24.5 Å². The molecule has 1 aromatic carbocycles. The maximum absolute atomic E-state index is 13.5. The zero-order valence-corrected chi connectivity index (χ0v) is 18.8. The van der Waals surface area contributed by atoms with Crippen molar-refractivity contribution in [1.82, 2.24) is 19.7 Å². The topological polar surface area (TPSA) is 56.1 Å². The van der Waals surface area contributed by atoms with Crippen LogP contribution in [0.4, 0.5) is 19.0 Å². The van der Waals surface area contributed by atoms with Gasteiger partial charge in [0.1, 0.15) is 11.6 Å². The number of methoxy groups -OCH3 is 1. The fourth-order valence-corrected chi connectivity index (χ4v) is 4.19. The van der Waals surface area contributed by atoms with E-state index in [0.29, 0.717) is 18.1 Å². The van der Waals surface area contributed by atoms with Crippen molar-refractivity contribution < 1.29 is 17.9 Å². The molecule has 2 aromatic heterocycles. The molecule has 0 unspecified atom stereocenters. The van der Waals surface area contributed by atoms with E-state index < -0.39 is 11.7 Å². The summed E-state index contributed by atoms with van der Waals surface area (Å²) < 4.78 is 47.5. The Balaban J connectivity index is 1.84. The first kappa shape index (κ1) is 22.5. The van der Waals surface area contributed by atoms with Crippen molar-refractivity contribution in [3.63, 3.8) is 0 Å². The molecular formula is C23H28F3N5O. The lowest BCUT2D eigenvalue weighted by Gasteiger charge is -2.27. The molecule has 0 aliphatic carbocycles. The molecule has 3 heterocycles. The van der Waals surface area contributed by atoms with Gasteiger partial charge in [-0.15, -0.1) is 0 Å². The Morgan fingerprint density at radius 2 is 1.88 bits per heavy atom. The van der Waals surface area contributed by atoms with Crippen LogP contribution in [0.5, 0.6) is 0 Å². The summed E-state index contributed by atoms with van der Waals surface area (Å²) in [6.07, 6.45) is -0.747. The highest BCUT2D eigenvalue weighted by Crippen LogP contribution is 2.35. The molecule has 0 N–H and O–H groups in total. The van der Waals surface area contributed by atoms with Crippen molar-refractivity contribution >= 4 is 16.9 Å². The molecule has 172 valence electrons. The summed E-state index contributed by atoms with van der Waals surface area (Å²) in [4.78, 5) is 11.9. The fourth-order valence-electron chi connectivity index (χ4n) is 4.19. The Morgan fingerprint density at radius 1 is 1.12 bits per heavy atom. The quantitative estimate of drug-likeness (QED) is 0.562. The number of nitrogens with zero attached hydrogens (tertiary/aromatic N) is 5. The summed E-state index contributed by atoms with van der Waals surface area (Å²) in [5.41, 5.74) is -0.298. The molecule has 6 nitrogen and oxygen atoms in total. The predicted molar refractivity (Wildman–Crippen MR) is 117 cm³/mol. The van der Waals surface area contributed by atoms with Gasteiger partial charge in [-0.3, -0.25) is 0 Å². The Bertz CT molecular complexity index is 1100. The van der Waals surface area contributed by atoms with Crippen molar-refractivity contribution in [2.24, 2.45) is 0 Å². The molecule has 0 saturated carbocycles. The highest BCUT2D eigenvalue weighted by atomic mass is 19.4. The number of benzene rings is 1. The molecule has 3 aromatic rings. The van der Waals surface area contributed by atoms with Crippen molar-refractivity contribution in [1.29, 1.82) is 0 Å². The van der Waals surface area contributed by atoms with Crippen LogP contribution in [0.2, 0.25) is 0 Å². The van der Waals surface area contributed by atoms with E-state index >= 15 is 0 Å². The van der Waals surface area contributed by atoms with Gasteiger partial charge in [-0.2, -0.15) is 18.3 Å². The zero-order valence-electron chi connectivity index (χ0n) is 18.8. The van der Waals surface area contributed by atoms with Gasteiger partial charge >= 0.3 is 6.18 Å². The molecule has 1 aliphatic heterocycles. The van der Waals surface area contributed by atoms with Crippen LogP contribution < -0.4 is 4.90 Å². The molecule has 1 fully saturated rings. The van der Waals surface area contributed by atoms with E-state index in [1.165, 1.54) is 12.1 Å². The molecule has 0 bridgehead atoms. The highest BCUT2D eigenvalue weighted by Gasteiger charge is 2.34. The minimum atomic E-state index is -4.43. The molecule has 32 heavy (non-hydrogen) atoms. The summed E-state index contributed by atoms with van der Waals surface area (Å²) >= 11 is 0. The first-order valence-corrected chi connectivity index (χ1v) is 10.7. The van der Waals surface area contributed by atoms with Crippen LogP contribution in [0, 0.1) is 0 Å². The molecular weight excluding hydrogens is 419 g/mol. The van der Waals surface area contributed by atoms with Gasteiger partial charge in [0.15, 0.2) is 5.65 Å². The number of rotatable bonds is 5. The summed E-state index contributed by atoms with van der Waals surface area (Å²) in [6, 6.07) is 5.78. The van der Waals surface area contributed by atoms with Crippen molar-refractivity contribution in [2.45, 2.75) is 57.8 Å². The largest absolute Gasteiger partial charge is 0.416 e. The lowest BCUT2D eigenvalue weighted by Crippen LogP contribution is -2.34. The van der Waals surface area contributed by atoms with Crippen LogP contribution >= 0.6 is 0 Å². The number of anilines is 1. The average molecular weight is 448 g/mol. The number of hydrogen-bond acceptors (Lipinski definition) is 5. The summed E-state index contributed by atoms with van der Waals surface area (Å²) in [5, 5.41) is 5.17. The number of hydrogen-bond donors (Lipinski definition) is 0. The van der Waals surface area contributed by atoms with Gasteiger partial charge in [-0.1, -0.05) is 39.0 Å². The minimum Gasteiger partial charge on any atom is -0.383 e. The normalized spacial score (nSPS) is 17.5. The van der Waals surface area contributed by atoms with Gasteiger partial charge in [0, 0.05) is 19.1 Å². The molecule has 1 saturated heterocycles. The first-order valence-electron chi connectivity index (χ1n) is 10.7. The van der Waals surface area contributed by atoms with E-state index in [1.807, 2.05) is 20.8 Å². The Morgan fingerprint density at radius 3 is 2.56 bits per heavy atom. The maximum Gasteiger partial charge on any atom is 0.416 e. The molecule has 0 spiro atoms. The second kappa shape index (κ2) is 8.35. The van der Waals surface area contributed by atoms with Gasteiger partial charge in [-0.25, -0.2) is 14.6 Å². The van der Waals surface area contributed by atoms with Crippen LogP contribution in [0.15, 0.2) is 30.5 Å². The van der Waals surface area contributed by atoms with E-state index in [9.17, 15) is 13.2 Å². The standard InChI is InChI=1S/C23H28F3N5O/c1-22(2,3)21-28-19(30-11-7-9-16(30)14-32-4)17-12-27-31(20(17)29-21)13-15-8-5-6-10-18(15)23(24,25)26/h5-6,8,10,12,16H,7,9,11,13-14H2,1-4H3/t16-/m1/s1. The van der Waals surface area contributed by atoms with Crippen LogP contribution in [-0.2, 0) is 22.9 Å². The highest BCUT2D eigenvalue weighted by molar-refractivity contribution is 5.87. The van der Waals surface area contributed by atoms with Crippen LogP contribution in [-0.4, -0.2) is 46.1 Å². The van der Waals surface area contributed by atoms with Crippen molar-refractivity contribution in [3.05, 3.63) is 47.4 Å². The zero-order chi connectivity index (χ0) is 23.1. The van der Waals surface area contributed by atoms with Gasteiger partial charge in [0.05, 0.1) is 36.3 Å². The molecule has 4 rings (SSSR count). The van der Waals surface area contributed by atoms with Crippen LogP contribution in [0.25, 0.3) is 11.0 Å². The number of fused-ring (bicyclic) bond motifs is 1. The Hall–Kier alpha value is -2.68. The minimum absolute atomic E-state index is 0.0271. The molecule has 9 heteroatoms. The second-order valence-corrected chi connectivity index (χ2v) is 9.26. The van der Waals surface area contributed by atoms with Gasteiger partial charge in [0.25, 0.3) is 0 Å². The number of ether oxygens (including phenoxy) is 1. The molecule has 0 radical (unpaired) electrons. The summed E-state index contributed by atoms with van der Waals surface area (Å²) in [5.74, 6) is 1.41. The number of alkyl halides is 3. The fraction of sp³-hybridized carbons (Fsp3) is 0.522. The van der Waals surface area contributed by atoms with Crippen molar-refractivity contribution in [3.8, 4) is 0 Å². The van der Waals surface area contributed by atoms with Crippen LogP contribution in [0.1, 0.15) is 50.6 Å². The Labute approximate surface area is 185 Å². The third-order valence-electron chi connectivity index (χ3n) is 5.80. The third-order valence-corrected chi connectivity index (χ3v) is 5.80. The average Bonchev–Trinajstić information content (AvgIpc) is 3.34. The molecule has 0 amide bonds. The van der Waals surface area contributed by atoms with E-state index in [2.05, 4.69) is 10.00 Å². The van der Waals surface area contributed by atoms with E-state index in [-0.39, 0.29) is 23.6 Å². The summed E-state index contributed by atoms with van der Waals surface area (Å²) in [6.45, 7) is 7.46. The smallest absolute Gasteiger partial charge is 0.383 e. The lowest BCUT2D eigenvalue weighted by atomic mass is 9.95. The maximum atomic E-state index is 13.5. The van der Waals surface area contributed by atoms with E-state index in [0.717, 1.165) is 36.7 Å². The van der Waals surface area contributed by atoms with Gasteiger partial charge in [0.2, 0.25) is 0 Å². The number of halogens is 3. The Kier molecular flexibility index (Phi) is 5.87. The van der Waals surface area contributed by atoms with Crippen molar-refractivity contribution in [2.75, 3.05) is 25.2 Å². The summed E-state index contributed by atoms with van der Waals surface area (Å²) in [7, 11) is 1.68. The first-order chi connectivity index (χ1) is 15.1. The van der Waals surface area contributed by atoms with Crippen LogP contribution in [0.3, 0.4) is 0 Å². The van der Waals surface area contributed by atoms with E-state index in [1.54, 1.807) is 24.1 Å². The van der Waals surface area contributed by atoms with E-state index in [4.69, 9.17) is 14.7 Å². The van der Waals surface area contributed by atoms with Gasteiger partial charge < -0.3 is 9.64 Å². The molecule has 1 aliphatic rings. The molecule has 1 atom stereocenters. The monoisotopic (exact) mass is 447 g/mol. The number of aromatic nitrogens is 4. The SMILES string of the molecule is COC[C@H]1CCCN1c1nc(C(C)(C)C)nc2c1cnn2Cc1ccccc1C(F)(F)F. The predicted octanol–water partition coefficient (Wildman–Crippen LogP) is 4.81. The second-order valence-electron chi connectivity index (χ2n) is 9.26. The third kappa shape index (κ3) is 4.30. The lowest BCUT2D eigenvalue weighted by molar-refractivity contribution is -0.138.